The Kier molecular flexibility index (Phi) is 4.67. The summed E-state index contributed by atoms with van der Waals surface area (Å²) in [7, 11) is 1.67. The SMILES string of the molecule is COc1ccc(C2CCCN2C(=O)[C@@H]2CCC[C@@H]2CN)cc1. The van der Waals surface area contributed by atoms with Crippen LogP contribution in [-0.2, 0) is 4.79 Å². The van der Waals surface area contributed by atoms with Gasteiger partial charge in [0, 0.05) is 12.5 Å². The molecule has 1 aliphatic heterocycles. The van der Waals surface area contributed by atoms with Crippen LogP contribution in [0.4, 0.5) is 0 Å². The van der Waals surface area contributed by atoms with Gasteiger partial charge in [-0.05, 0) is 55.8 Å². The largest absolute Gasteiger partial charge is 0.497 e. The molecular formula is C18H26N2O2. The molecular weight excluding hydrogens is 276 g/mol. The molecule has 2 aliphatic rings. The van der Waals surface area contributed by atoms with Crippen LogP contribution in [0.15, 0.2) is 24.3 Å². The Bertz CT molecular complexity index is 514. The fourth-order valence-electron chi connectivity index (χ4n) is 4.06. The molecule has 2 fully saturated rings. The van der Waals surface area contributed by atoms with Gasteiger partial charge in [-0.3, -0.25) is 4.79 Å². The Hall–Kier alpha value is -1.55. The number of likely N-dealkylation sites (tertiary alicyclic amines) is 1. The molecule has 3 atom stereocenters. The van der Waals surface area contributed by atoms with Gasteiger partial charge < -0.3 is 15.4 Å². The summed E-state index contributed by atoms with van der Waals surface area (Å²) < 4.78 is 5.22. The molecule has 1 aromatic rings. The van der Waals surface area contributed by atoms with Gasteiger partial charge >= 0.3 is 0 Å². The highest BCUT2D eigenvalue weighted by atomic mass is 16.5. The Morgan fingerprint density at radius 3 is 2.68 bits per heavy atom. The van der Waals surface area contributed by atoms with Crippen molar-refractivity contribution in [2.24, 2.45) is 17.6 Å². The number of hydrogen-bond donors (Lipinski definition) is 1. The average molecular weight is 302 g/mol. The van der Waals surface area contributed by atoms with E-state index in [4.69, 9.17) is 10.5 Å². The Labute approximate surface area is 132 Å². The molecule has 3 rings (SSSR count). The zero-order chi connectivity index (χ0) is 15.5. The Morgan fingerprint density at radius 1 is 1.23 bits per heavy atom. The van der Waals surface area contributed by atoms with Crippen LogP contribution in [-0.4, -0.2) is 31.0 Å². The molecule has 120 valence electrons. The van der Waals surface area contributed by atoms with Gasteiger partial charge in [-0.2, -0.15) is 0 Å². The summed E-state index contributed by atoms with van der Waals surface area (Å²) in [6.07, 6.45) is 5.39. The summed E-state index contributed by atoms with van der Waals surface area (Å²) in [6, 6.07) is 8.36. The lowest BCUT2D eigenvalue weighted by Gasteiger charge is -2.30. The van der Waals surface area contributed by atoms with Gasteiger partial charge in [-0.1, -0.05) is 18.6 Å². The van der Waals surface area contributed by atoms with Crippen molar-refractivity contribution in [2.45, 2.75) is 38.1 Å². The molecule has 1 aliphatic carbocycles. The topological polar surface area (TPSA) is 55.6 Å². The molecule has 0 bridgehead atoms. The van der Waals surface area contributed by atoms with E-state index in [1.165, 1.54) is 5.56 Å². The maximum absolute atomic E-state index is 13.0. The van der Waals surface area contributed by atoms with E-state index in [1.54, 1.807) is 7.11 Å². The first kappa shape index (κ1) is 15.3. The van der Waals surface area contributed by atoms with Crippen LogP contribution in [0.2, 0.25) is 0 Å². The number of ether oxygens (including phenoxy) is 1. The lowest BCUT2D eigenvalue weighted by Crippen LogP contribution is -2.38. The monoisotopic (exact) mass is 302 g/mol. The van der Waals surface area contributed by atoms with E-state index >= 15 is 0 Å². The summed E-state index contributed by atoms with van der Waals surface area (Å²) in [6.45, 7) is 1.51. The van der Waals surface area contributed by atoms with Gasteiger partial charge in [0.25, 0.3) is 0 Å². The summed E-state index contributed by atoms with van der Waals surface area (Å²) in [5, 5.41) is 0. The van der Waals surface area contributed by atoms with Crippen molar-refractivity contribution >= 4 is 5.91 Å². The van der Waals surface area contributed by atoms with E-state index in [-0.39, 0.29) is 12.0 Å². The second kappa shape index (κ2) is 6.69. The molecule has 1 saturated heterocycles. The molecule has 4 heteroatoms. The molecule has 22 heavy (non-hydrogen) atoms. The minimum absolute atomic E-state index is 0.142. The maximum Gasteiger partial charge on any atom is 0.226 e. The predicted octanol–water partition coefficient (Wildman–Crippen LogP) is 2.73. The minimum Gasteiger partial charge on any atom is -0.497 e. The molecule has 1 amide bonds. The average Bonchev–Trinajstić information content (AvgIpc) is 3.23. The first-order valence-electron chi connectivity index (χ1n) is 8.39. The fourth-order valence-corrected chi connectivity index (χ4v) is 4.06. The van der Waals surface area contributed by atoms with Crippen LogP contribution in [0.3, 0.4) is 0 Å². The van der Waals surface area contributed by atoms with Crippen LogP contribution >= 0.6 is 0 Å². The summed E-state index contributed by atoms with van der Waals surface area (Å²) in [5.74, 6) is 1.71. The molecule has 0 spiro atoms. The van der Waals surface area contributed by atoms with Crippen LogP contribution < -0.4 is 10.5 Å². The number of rotatable bonds is 4. The third kappa shape index (κ3) is 2.84. The molecule has 0 aromatic heterocycles. The van der Waals surface area contributed by atoms with Crippen molar-refractivity contribution in [3.8, 4) is 5.75 Å². The molecule has 1 saturated carbocycles. The number of amides is 1. The van der Waals surface area contributed by atoms with Crippen molar-refractivity contribution < 1.29 is 9.53 Å². The number of nitrogens with two attached hydrogens (primary N) is 1. The van der Waals surface area contributed by atoms with Crippen LogP contribution in [0.1, 0.15) is 43.7 Å². The second-order valence-corrected chi connectivity index (χ2v) is 6.50. The number of benzene rings is 1. The van der Waals surface area contributed by atoms with Gasteiger partial charge in [0.15, 0.2) is 0 Å². The molecule has 1 unspecified atom stereocenters. The molecule has 4 nitrogen and oxygen atoms in total. The summed E-state index contributed by atoms with van der Waals surface area (Å²) >= 11 is 0. The standard InChI is InChI=1S/C18H26N2O2/c1-22-15-9-7-13(8-10-15)17-6-3-11-20(17)18(21)16-5-2-4-14(16)12-19/h7-10,14,16-17H,2-6,11-12,19H2,1H3/t14-,16-,17?/m1/s1. The van der Waals surface area contributed by atoms with Crippen molar-refractivity contribution in [1.29, 1.82) is 0 Å². The van der Waals surface area contributed by atoms with Gasteiger partial charge in [-0.15, -0.1) is 0 Å². The normalized spacial score (nSPS) is 28.1. The minimum atomic E-state index is 0.142. The number of hydrogen-bond acceptors (Lipinski definition) is 3. The van der Waals surface area contributed by atoms with E-state index in [2.05, 4.69) is 17.0 Å². The summed E-state index contributed by atoms with van der Waals surface area (Å²) in [4.78, 5) is 15.1. The lowest BCUT2D eigenvalue weighted by molar-refractivity contribution is -0.137. The number of carbonyl (C=O) groups excluding carboxylic acids is 1. The predicted molar refractivity (Wildman–Crippen MR) is 86.6 cm³/mol. The highest BCUT2D eigenvalue weighted by Gasteiger charge is 2.39. The van der Waals surface area contributed by atoms with Gasteiger partial charge in [0.1, 0.15) is 5.75 Å². The van der Waals surface area contributed by atoms with Gasteiger partial charge in [0.2, 0.25) is 5.91 Å². The third-order valence-corrected chi connectivity index (χ3v) is 5.32. The zero-order valence-corrected chi connectivity index (χ0v) is 13.3. The van der Waals surface area contributed by atoms with Gasteiger partial charge in [0.05, 0.1) is 13.2 Å². The highest BCUT2D eigenvalue weighted by Crippen LogP contribution is 2.38. The Balaban J connectivity index is 1.76. The number of nitrogens with zero attached hydrogens (tertiary/aromatic N) is 1. The van der Waals surface area contributed by atoms with Crippen molar-refractivity contribution in [1.82, 2.24) is 4.90 Å². The van der Waals surface area contributed by atoms with E-state index in [1.807, 2.05) is 12.1 Å². The first-order chi connectivity index (χ1) is 10.7. The fraction of sp³-hybridized carbons (Fsp3) is 0.611. The first-order valence-corrected chi connectivity index (χ1v) is 8.39. The van der Waals surface area contributed by atoms with E-state index < -0.39 is 0 Å². The van der Waals surface area contributed by atoms with Crippen molar-refractivity contribution in [2.75, 3.05) is 20.2 Å². The second-order valence-electron chi connectivity index (χ2n) is 6.50. The van der Waals surface area contributed by atoms with Gasteiger partial charge in [-0.25, -0.2) is 0 Å². The molecule has 0 radical (unpaired) electrons. The molecule has 2 N–H and O–H groups in total. The van der Waals surface area contributed by atoms with E-state index in [9.17, 15) is 4.79 Å². The molecule has 1 aromatic carbocycles. The van der Waals surface area contributed by atoms with Crippen molar-refractivity contribution in [3.05, 3.63) is 29.8 Å². The maximum atomic E-state index is 13.0. The van der Waals surface area contributed by atoms with Crippen LogP contribution in [0, 0.1) is 11.8 Å². The highest BCUT2D eigenvalue weighted by molar-refractivity contribution is 5.80. The van der Waals surface area contributed by atoms with Crippen LogP contribution in [0.25, 0.3) is 0 Å². The number of carbonyl (C=O) groups is 1. The van der Waals surface area contributed by atoms with E-state index in [0.29, 0.717) is 18.4 Å². The summed E-state index contributed by atoms with van der Waals surface area (Å²) in [5.41, 5.74) is 7.07. The van der Waals surface area contributed by atoms with E-state index in [0.717, 1.165) is 44.4 Å². The smallest absolute Gasteiger partial charge is 0.226 e. The Morgan fingerprint density at radius 2 is 2.00 bits per heavy atom. The zero-order valence-electron chi connectivity index (χ0n) is 13.3. The quantitative estimate of drug-likeness (QED) is 0.930. The van der Waals surface area contributed by atoms with Crippen LogP contribution in [0.5, 0.6) is 5.75 Å². The van der Waals surface area contributed by atoms with Crippen molar-refractivity contribution in [3.63, 3.8) is 0 Å². The number of methoxy groups -OCH3 is 1. The lowest BCUT2D eigenvalue weighted by atomic mass is 9.94. The molecule has 1 heterocycles. The third-order valence-electron chi connectivity index (χ3n) is 5.32.